The molecule has 0 saturated carbocycles. The van der Waals surface area contributed by atoms with Crippen LogP contribution in [0, 0.1) is 19.8 Å². The number of H-pyrrole nitrogens is 1. The van der Waals surface area contributed by atoms with Crippen LogP contribution >= 0.6 is 0 Å². The standard InChI is InChI=1S/C17H21N3O4S/c1-11-16(12(2)19-18-11)25(23,24)20-7-6-14(10-20)8-13-4-3-5-15(9-13)17(21)22/h3-5,9,14H,6-8,10H2,1-2H3,(H,18,19)(H,21,22). The first-order valence-electron chi connectivity index (χ1n) is 8.13. The zero-order valence-corrected chi connectivity index (χ0v) is 15.0. The Kier molecular flexibility index (Phi) is 4.66. The van der Waals surface area contributed by atoms with Crippen LogP contribution in [0.15, 0.2) is 29.2 Å². The normalized spacial score (nSPS) is 18.6. The Balaban J connectivity index is 1.74. The van der Waals surface area contributed by atoms with Gasteiger partial charge in [-0.05, 0) is 50.3 Å². The fraction of sp³-hybridized carbons (Fsp3) is 0.412. The van der Waals surface area contributed by atoms with Crippen LogP contribution in [0.2, 0.25) is 0 Å². The summed E-state index contributed by atoms with van der Waals surface area (Å²) in [6.45, 7) is 4.29. The molecule has 3 rings (SSSR count). The van der Waals surface area contributed by atoms with Crippen LogP contribution in [0.3, 0.4) is 0 Å². The first-order valence-corrected chi connectivity index (χ1v) is 9.57. The van der Waals surface area contributed by atoms with E-state index in [1.807, 2.05) is 6.07 Å². The summed E-state index contributed by atoms with van der Waals surface area (Å²) in [5.41, 5.74) is 2.20. The van der Waals surface area contributed by atoms with Gasteiger partial charge in [0.15, 0.2) is 0 Å². The minimum Gasteiger partial charge on any atom is -0.478 e. The van der Waals surface area contributed by atoms with Crippen LogP contribution < -0.4 is 0 Å². The van der Waals surface area contributed by atoms with Crippen molar-refractivity contribution in [1.29, 1.82) is 0 Å². The number of rotatable bonds is 5. The predicted molar refractivity (Wildman–Crippen MR) is 92.0 cm³/mol. The number of carbonyl (C=O) groups is 1. The van der Waals surface area contributed by atoms with Crippen LogP contribution in [0.1, 0.15) is 33.7 Å². The van der Waals surface area contributed by atoms with Crippen LogP contribution in [0.5, 0.6) is 0 Å². The second-order valence-corrected chi connectivity index (χ2v) is 8.37. The third-order valence-electron chi connectivity index (χ3n) is 4.61. The molecule has 1 aromatic carbocycles. The number of aromatic nitrogens is 2. The summed E-state index contributed by atoms with van der Waals surface area (Å²) in [5, 5.41) is 15.8. The van der Waals surface area contributed by atoms with Crippen molar-refractivity contribution in [2.24, 2.45) is 5.92 Å². The number of aryl methyl sites for hydroxylation is 2. The predicted octanol–water partition coefficient (Wildman–Crippen LogP) is 1.98. The van der Waals surface area contributed by atoms with Crippen molar-refractivity contribution in [1.82, 2.24) is 14.5 Å². The highest BCUT2D eigenvalue weighted by Gasteiger charge is 2.35. The smallest absolute Gasteiger partial charge is 0.335 e. The first-order chi connectivity index (χ1) is 11.8. The van der Waals surface area contributed by atoms with Gasteiger partial charge in [-0.2, -0.15) is 9.40 Å². The largest absolute Gasteiger partial charge is 0.478 e. The average Bonchev–Trinajstić information content (AvgIpc) is 3.15. The van der Waals surface area contributed by atoms with E-state index in [-0.39, 0.29) is 16.4 Å². The van der Waals surface area contributed by atoms with Crippen LogP contribution in [0.25, 0.3) is 0 Å². The van der Waals surface area contributed by atoms with Crippen LogP contribution in [0.4, 0.5) is 0 Å². The quantitative estimate of drug-likeness (QED) is 0.845. The number of sulfonamides is 1. The van der Waals surface area contributed by atoms with Gasteiger partial charge in [0.2, 0.25) is 10.0 Å². The number of hydrogen-bond donors (Lipinski definition) is 2. The summed E-state index contributed by atoms with van der Waals surface area (Å²) in [4.78, 5) is 11.3. The van der Waals surface area contributed by atoms with E-state index in [1.165, 1.54) is 4.31 Å². The van der Waals surface area contributed by atoms with Crippen molar-refractivity contribution in [2.45, 2.75) is 31.6 Å². The zero-order valence-electron chi connectivity index (χ0n) is 14.2. The van der Waals surface area contributed by atoms with Crippen molar-refractivity contribution in [3.05, 3.63) is 46.8 Å². The van der Waals surface area contributed by atoms with Crippen molar-refractivity contribution in [2.75, 3.05) is 13.1 Å². The van der Waals surface area contributed by atoms with Gasteiger partial charge in [0.05, 0.1) is 17.0 Å². The van der Waals surface area contributed by atoms with E-state index in [9.17, 15) is 13.2 Å². The molecule has 8 heteroatoms. The summed E-state index contributed by atoms with van der Waals surface area (Å²) >= 11 is 0. The van der Waals surface area contributed by atoms with Gasteiger partial charge in [0.1, 0.15) is 4.90 Å². The summed E-state index contributed by atoms with van der Waals surface area (Å²) < 4.78 is 27.2. The van der Waals surface area contributed by atoms with Gasteiger partial charge in [-0.25, -0.2) is 13.2 Å². The third kappa shape index (κ3) is 3.45. The lowest BCUT2D eigenvalue weighted by Gasteiger charge is -2.17. The molecule has 1 aliphatic heterocycles. The van der Waals surface area contributed by atoms with Gasteiger partial charge in [0.25, 0.3) is 0 Å². The molecule has 1 unspecified atom stereocenters. The molecule has 2 aromatic rings. The number of carboxylic acids is 1. The molecule has 2 heterocycles. The first kappa shape index (κ1) is 17.6. The number of hydrogen-bond acceptors (Lipinski definition) is 4. The maximum atomic E-state index is 12.9. The molecular weight excluding hydrogens is 342 g/mol. The highest BCUT2D eigenvalue weighted by Crippen LogP contribution is 2.29. The topological polar surface area (TPSA) is 103 Å². The molecule has 1 fully saturated rings. The third-order valence-corrected chi connectivity index (χ3v) is 6.73. The summed E-state index contributed by atoms with van der Waals surface area (Å²) in [6.07, 6.45) is 1.42. The van der Waals surface area contributed by atoms with Crippen molar-refractivity contribution in [3.63, 3.8) is 0 Å². The Labute approximate surface area is 146 Å². The number of benzene rings is 1. The molecule has 0 amide bonds. The zero-order chi connectivity index (χ0) is 18.2. The second-order valence-electron chi connectivity index (χ2n) is 6.49. The van der Waals surface area contributed by atoms with Crippen molar-refractivity contribution >= 4 is 16.0 Å². The van der Waals surface area contributed by atoms with Gasteiger partial charge < -0.3 is 5.11 Å². The maximum absolute atomic E-state index is 12.9. The number of carboxylic acid groups (broad SMARTS) is 1. The maximum Gasteiger partial charge on any atom is 0.335 e. The molecule has 0 spiro atoms. The van der Waals surface area contributed by atoms with Crippen LogP contribution in [-0.2, 0) is 16.4 Å². The summed E-state index contributed by atoms with van der Waals surface area (Å²) in [6, 6.07) is 6.82. The summed E-state index contributed by atoms with van der Waals surface area (Å²) in [7, 11) is -3.56. The fourth-order valence-electron chi connectivity index (χ4n) is 3.40. The van der Waals surface area contributed by atoms with E-state index >= 15 is 0 Å². The monoisotopic (exact) mass is 363 g/mol. The molecule has 0 radical (unpaired) electrons. The molecule has 0 bridgehead atoms. The fourth-order valence-corrected chi connectivity index (χ4v) is 5.26. The van der Waals surface area contributed by atoms with Gasteiger partial charge in [-0.1, -0.05) is 12.1 Å². The Hall–Kier alpha value is -2.19. The molecule has 7 nitrogen and oxygen atoms in total. The molecule has 1 aliphatic rings. The van der Waals surface area contributed by atoms with Crippen molar-refractivity contribution in [3.8, 4) is 0 Å². The molecule has 1 atom stereocenters. The molecule has 1 saturated heterocycles. The highest BCUT2D eigenvalue weighted by molar-refractivity contribution is 7.89. The average molecular weight is 363 g/mol. The Bertz CT molecular complexity index is 885. The van der Waals surface area contributed by atoms with E-state index in [2.05, 4.69) is 10.2 Å². The minimum atomic E-state index is -3.56. The number of nitrogens with one attached hydrogen (secondary N) is 1. The SMILES string of the molecule is Cc1n[nH]c(C)c1S(=O)(=O)N1CCC(Cc2cccc(C(=O)O)c2)C1. The number of aromatic amines is 1. The lowest BCUT2D eigenvalue weighted by atomic mass is 9.97. The molecule has 134 valence electrons. The Morgan fingerprint density at radius 2 is 2.16 bits per heavy atom. The minimum absolute atomic E-state index is 0.173. The van der Waals surface area contributed by atoms with E-state index in [0.29, 0.717) is 30.9 Å². The molecule has 0 aliphatic carbocycles. The molecular formula is C17H21N3O4S. The van der Waals surface area contributed by atoms with Gasteiger partial charge >= 0.3 is 5.97 Å². The van der Waals surface area contributed by atoms with E-state index < -0.39 is 16.0 Å². The van der Waals surface area contributed by atoms with Crippen molar-refractivity contribution < 1.29 is 18.3 Å². The number of nitrogens with zero attached hydrogens (tertiary/aromatic N) is 2. The van der Waals surface area contributed by atoms with Gasteiger partial charge in [-0.3, -0.25) is 5.10 Å². The summed E-state index contributed by atoms with van der Waals surface area (Å²) in [5.74, 6) is -0.783. The van der Waals surface area contributed by atoms with Crippen LogP contribution in [-0.4, -0.2) is 47.1 Å². The number of aromatic carboxylic acids is 1. The molecule has 1 aromatic heterocycles. The molecule has 2 N–H and O–H groups in total. The Morgan fingerprint density at radius 3 is 2.80 bits per heavy atom. The highest BCUT2D eigenvalue weighted by atomic mass is 32.2. The van der Waals surface area contributed by atoms with E-state index in [0.717, 1.165) is 12.0 Å². The van der Waals surface area contributed by atoms with E-state index in [4.69, 9.17) is 5.11 Å². The Morgan fingerprint density at radius 1 is 1.40 bits per heavy atom. The molecule has 25 heavy (non-hydrogen) atoms. The second kappa shape index (κ2) is 6.61. The lowest BCUT2D eigenvalue weighted by Crippen LogP contribution is -2.29. The van der Waals surface area contributed by atoms with Gasteiger partial charge in [-0.15, -0.1) is 0 Å². The lowest BCUT2D eigenvalue weighted by molar-refractivity contribution is 0.0696. The van der Waals surface area contributed by atoms with E-state index in [1.54, 1.807) is 32.0 Å². The van der Waals surface area contributed by atoms with Gasteiger partial charge in [0, 0.05) is 13.1 Å².